The van der Waals surface area contributed by atoms with E-state index in [2.05, 4.69) is 26.2 Å². The first kappa shape index (κ1) is 9.86. The fourth-order valence-electron chi connectivity index (χ4n) is 1.70. The third kappa shape index (κ3) is 2.04. The largest absolute Gasteiger partial charge is 0.312 e. The zero-order chi connectivity index (χ0) is 9.97. The van der Waals surface area contributed by atoms with Gasteiger partial charge in [-0.05, 0) is 35.3 Å². The molecule has 4 nitrogen and oxygen atoms in total. The standard InChI is InChI=1S/C9H12BrN3O/c10-8-4-11-6-13(9(8)14)5-7-2-1-3-12-7/h4,6-7,12H,1-3,5H2/t7-/m1/s1. The highest BCUT2D eigenvalue weighted by molar-refractivity contribution is 9.10. The van der Waals surface area contributed by atoms with Crippen molar-refractivity contribution in [2.24, 2.45) is 0 Å². The van der Waals surface area contributed by atoms with Gasteiger partial charge < -0.3 is 5.32 Å². The van der Waals surface area contributed by atoms with Gasteiger partial charge in [0.25, 0.3) is 5.56 Å². The van der Waals surface area contributed by atoms with E-state index in [1.165, 1.54) is 12.6 Å². The van der Waals surface area contributed by atoms with Crippen LogP contribution in [-0.4, -0.2) is 22.1 Å². The molecular weight excluding hydrogens is 246 g/mol. The van der Waals surface area contributed by atoms with E-state index >= 15 is 0 Å². The van der Waals surface area contributed by atoms with Gasteiger partial charge in [-0.3, -0.25) is 9.36 Å². The maximum Gasteiger partial charge on any atom is 0.267 e. The Morgan fingerprint density at radius 2 is 2.57 bits per heavy atom. The van der Waals surface area contributed by atoms with Crippen molar-refractivity contribution < 1.29 is 0 Å². The fourth-order valence-corrected chi connectivity index (χ4v) is 2.05. The van der Waals surface area contributed by atoms with E-state index in [1.54, 1.807) is 10.9 Å². The highest BCUT2D eigenvalue weighted by Gasteiger charge is 2.15. The molecule has 0 radical (unpaired) electrons. The summed E-state index contributed by atoms with van der Waals surface area (Å²) in [5, 5.41) is 3.35. The first-order chi connectivity index (χ1) is 6.77. The Labute approximate surface area is 90.5 Å². The summed E-state index contributed by atoms with van der Waals surface area (Å²) in [6, 6.07) is 0.420. The molecule has 0 saturated carbocycles. The van der Waals surface area contributed by atoms with E-state index in [0.717, 1.165) is 13.0 Å². The Hall–Kier alpha value is -0.680. The smallest absolute Gasteiger partial charge is 0.267 e. The van der Waals surface area contributed by atoms with Crippen molar-refractivity contribution in [3.05, 3.63) is 27.4 Å². The van der Waals surface area contributed by atoms with Crippen molar-refractivity contribution in [1.82, 2.24) is 14.9 Å². The summed E-state index contributed by atoms with van der Waals surface area (Å²) in [4.78, 5) is 15.6. The molecular formula is C9H12BrN3O. The molecule has 0 spiro atoms. The van der Waals surface area contributed by atoms with E-state index in [-0.39, 0.29) is 5.56 Å². The fraction of sp³-hybridized carbons (Fsp3) is 0.556. The molecule has 2 heterocycles. The van der Waals surface area contributed by atoms with Gasteiger partial charge in [0.05, 0.1) is 6.33 Å². The second-order valence-electron chi connectivity index (χ2n) is 3.49. The zero-order valence-corrected chi connectivity index (χ0v) is 9.33. The van der Waals surface area contributed by atoms with Crippen LogP contribution in [0.1, 0.15) is 12.8 Å². The Bertz CT molecular complexity index is 371. The van der Waals surface area contributed by atoms with Crippen molar-refractivity contribution in [2.75, 3.05) is 6.54 Å². The third-order valence-corrected chi connectivity index (χ3v) is 2.98. The van der Waals surface area contributed by atoms with Gasteiger partial charge in [0.2, 0.25) is 0 Å². The lowest BCUT2D eigenvalue weighted by Gasteiger charge is -2.11. The van der Waals surface area contributed by atoms with E-state index in [0.29, 0.717) is 17.1 Å². The summed E-state index contributed by atoms with van der Waals surface area (Å²) < 4.78 is 2.17. The number of hydrogen-bond acceptors (Lipinski definition) is 3. The summed E-state index contributed by atoms with van der Waals surface area (Å²) >= 11 is 3.18. The minimum Gasteiger partial charge on any atom is -0.312 e. The van der Waals surface area contributed by atoms with Crippen molar-refractivity contribution in [1.29, 1.82) is 0 Å². The molecule has 1 fully saturated rings. The average molecular weight is 258 g/mol. The SMILES string of the molecule is O=c1c(Br)cncn1C[C@H]1CCCN1. The summed E-state index contributed by atoms with van der Waals surface area (Å²) in [6.45, 7) is 1.77. The molecule has 0 unspecified atom stereocenters. The van der Waals surface area contributed by atoms with Gasteiger partial charge in [-0.25, -0.2) is 4.98 Å². The molecule has 1 aromatic rings. The van der Waals surface area contributed by atoms with E-state index in [9.17, 15) is 4.79 Å². The van der Waals surface area contributed by atoms with Crippen LogP contribution in [0.4, 0.5) is 0 Å². The molecule has 0 aliphatic carbocycles. The number of nitrogens with one attached hydrogen (secondary N) is 1. The second-order valence-corrected chi connectivity index (χ2v) is 4.35. The van der Waals surface area contributed by atoms with Gasteiger partial charge in [-0.1, -0.05) is 0 Å². The Morgan fingerprint density at radius 3 is 3.29 bits per heavy atom. The van der Waals surface area contributed by atoms with Crippen LogP contribution < -0.4 is 10.9 Å². The average Bonchev–Trinajstić information content (AvgIpc) is 2.66. The van der Waals surface area contributed by atoms with Crippen LogP contribution in [0.2, 0.25) is 0 Å². The molecule has 2 rings (SSSR count). The second kappa shape index (κ2) is 4.23. The van der Waals surface area contributed by atoms with E-state index in [1.807, 2.05) is 0 Å². The number of nitrogens with zero attached hydrogens (tertiary/aromatic N) is 2. The van der Waals surface area contributed by atoms with Gasteiger partial charge in [0, 0.05) is 18.8 Å². The van der Waals surface area contributed by atoms with Crippen LogP contribution in [0.25, 0.3) is 0 Å². The monoisotopic (exact) mass is 257 g/mol. The van der Waals surface area contributed by atoms with Gasteiger partial charge in [0.1, 0.15) is 4.47 Å². The van der Waals surface area contributed by atoms with Crippen molar-refractivity contribution in [3.63, 3.8) is 0 Å². The van der Waals surface area contributed by atoms with E-state index < -0.39 is 0 Å². The summed E-state index contributed by atoms with van der Waals surface area (Å²) in [5.74, 6) is 0. The van der Waals surface area contributed by atoms with Crippen molar-refractivity contribution in [2.45, 2.75) is 25.4 Å². The lowest BCUT2D eigenvalue weighted by Crippen LogP contribution is -2.32. The Morgan fingerprint density at radius 1 is 1.71 bits per heavy atom. The molecule has 1 aromatic heterocycles. The topological polar surface area (TPSA) is 46.9 Å². The molecule has 14 heavy (non-hydrogen) atoms. The van der Waals surface area contributed by atoms with Gasteiger partial charge in [0.15, 0.2) is 0 Å². The minimum atomic E-state index is -0.00583. The van der Waals surface area contributed by atoms with Crippen LogP contribution in [0.15, 0.2) is 21.8 Å². The van der Waals surface area contributed by atoms with Gasteiger partial charge in [-0.2, -0.15) is 0 Å². The Balaban J connectivity index is 2.16. The highest BCUT2D eigenvalue weighted by atomic mass is 79.9. The Kier molecular flexibility index (Phi) is 2.98. The maximum atomic E-state index is 11.6. The minimum absolute atomic E-state index is 0.00583. The van der Waals surface area contributed by atoms with Gasteiger partial charge >= 0.3 is 0 Å². The molecule has 0 aromatic carbocycles. The number of hydrogen-bond donors (Lipinski definition) is 1. The van der Waals surface area contributed by atoms with Crippen LogP contribution in [0.5, 0.6) is 0 Å². The highest BCUT2D eigenvalue weighted by Crippen LogP contribution is 2.06. The third-order valence-electron chi connectivity index (χ3n) is 2.44. The van der Waals surface area contributed by atoms with Crippen LogP contribution in [0.3, 0.4) is 0 Å². The van der Waals surface area contributed by atoms with E-state index in [4.69, 9.17) is 0 Å². The number of rotatable bonds is 2. The molecule has 5 heteroatoms. The number of halogens is 1. The molecule has 0 bridgehead atoms. The predicted molar refractivity (Wildman–Crippen MR) is 57.2 cm³/mol. The molecule has 1 N–H and O–H groups in total. The summed E-state index contributed by atoms with van der Waals surface area (Å²) in [7, 11) is 0. The molecule has 76 valence electrons. The van der Waals surface area contributed by atoms with Crippen LogP contribution >= 0.6 is 15.9 Å². The molecule has 1 atom stereocenters. The summed E-state index contributed by atoms with van der Waals surface area (Å²) in [6.07, 6.45) is 5.45. The molecule has 1 saturated heterocycles. The predicted octanol–water partition coefficient (Wildman–Crippen LogP) is 0.758. The molecule has 0 amide bonds. The molecule has 1 aliphatic heterocycles. The maximum absolute atomic E-state index is 11.6. The van der Waals surface area contributed by atoms with Crippen molar-refractivity contribution >= 4 is 15.9 Å². The van der Waals surface area contributed by atoms with Crippen molar-refractivity contribution in [3.8, 4) is 0 Å². The normalized spacial score (nSPS) is 21.4. The summed E-state index contributed by atoms with van der Waals surface area (Å²) in [5.41, 5.74) is -0.00583. The van der Waals surface area contributed by atoms with Crippen LogP contribution in [-0.2, 0) is 6.54 Å². The zero-order valence-electron chi connectivity index (χ0n) is 7.74. The van der Waals surface area contributed by atoms with Gasteiger partial charge in [-0.15, -0.1) is 0 Å². The first-order valence-electron chi connectivity index (χ1n) is 4.70. The number of aromatic nitrogens is 2. The lowest BCUT2D eigenvalue weighted by molar-refractivity contribution is 0.493. The van der Waals surface area contributed by atoms with Crippen LogP contribution in [0, 0.1) is 0 Å². The quantitative estimate of drug-likeness (QED) is 0.851. The first-order valence-corrected chi connectivity index (χ1v) is 5.50. The lowest BCUT2D eigenvalue weighted by atomic mass is 10.2. The molecule has 1 aliphatic rings.